The summed E-state index contributed by atoms with van der Waals surface area (Å²) in [6.07, 6.45) is 4.75. The summed E-state index contributed by atoms with van der Waals surface area (Å²) in [6.45, 7) is 2.18. The molecule has 2 N–H and O–H groups in total. The first-order chi connectivity index (χ1) is 14.2. The Balaban J connectivity index is 1.37. The number of benzene rings is 1. The van der Waals surface area contributed by atoms with Crippen molar-refractivity contribution in [2.45, 2.75) is 25.9 Å². The molecule has 29 heavy (non-hydrogen) atoms. The van der Waals surface area contributed by atoms with Gasteiger partial charge in [-0.3, -0.25) is 9.59 Å². The first kappa shape index (κ1) is 19.0. The number of carbonyl (C=O) groups is 2. The number of hydrogen-bond donors (Lipinski definition) is 2. The molecule has 0 atom stereocenters. The van der Waals surface area contributed by atoms with Gasteiger partial charge in [0.2, 0.25) is 5.91 Å². The third-order valence-electron chi connectivity index (χ3n) is 4.96. The predicted octanol–water partition coefficient (Wildman–Crippen LogP) is 2.22. The average molecular weight is 394 g/mol. The molecule has 0 radical (unpaired) electrons. The van der Waals surface area contributed by atoms with Crippen LogP contribution in [0.5, 0.6) is 0 Å². The summed E-state index contributed by atoms with van der Waals surface area (Å²) < 4.78 is 10.9. The highest BCUT2D eigenvalue weighted by Crippen LogP contribution is 2.22. The fourth-order valence-corrected chi connectivity index (χ4v) is 3.58. The molecule has 1 fully saturated rings. The normalized spacial score (nSPS) is 14.0. The highest BCUT2D eigenvalue weighted by Gasteiger charge is 2.22. The van der Waals surface area contributed by atoms with Crippen LogP contribution < -0.4 is 15.1 Å². The second-order valence-electron chi connectivity index (χ2n) is 7.18. The summed E-state index contributed by atoms with van der Waals surface area (Å²) in [4.78, 5) is 27.3. The Morgan fingerprint density at radius 3 is 2.17 bits per heavy atom. The minimum absolute atomic E-state index is 0.0943. The highest BCUT2D eigenvalue weighted by molar-refractivity contribution is 5.96. The van der Waals surface area contributed by atoms with E-state index in [0.717, 1.165) is 35.1 Å². The van der Waals surface area contributed by atoms with Crippen LogP contribution in [0.2, 0.25) is 0 Å². The molecule has 0 unspecified atom stereocenters. The molecule has 0 spiro atoms. The number of rotatable bonds is 8. The molecule has 1 aliphatic heterocycles. The number of nitrogens with one attached hydrogen (secondary N) is 2. The summed E-state index contributed by atoms with van der Waals surface area (Å²) in [7, 11) is 0. The smallest absolute Gasteiger partial charge is 0.279 e. The number of carbonyl (C=O) groups excluding carboxylic acids is 2. The zero-order valence-electron chi connectivity index (χ0n) is 16.1. The van der Waals surface area contributed by atoms with E-state index in [1.54, 1.807) is 17.4 Å². The van der Waals surface area contributed by atoms with Crippen LogP contribution in [-0.2, 0) is 22.7 Å². The average Bonchev–Trinajstić information content (AvgIpc) is 3.46. The molecule has 1 aliphatic rings. The van der Waals surface area contributed by atoms with E-state index in [1.165, 1.54) is 0 Å². The van der Waals surface area contributed by atoms with E-state index in [4.69, 9.17) is 8.83 Å². The molecule has 2 aromatic heterocycles. The maximum Gasteiger partial charge on any atom is 0.279 e. The van der Waals surface area contributed by atoms with E-state index in [9.17, 15) is 9.59 Å². The Morgan fingerprint density at radius 2 is 1.66 bits per heavy atom. The van der Waals surface area contributed by atoms with Crippen molar-refractivity contribution in [1.82, 2.24) is 0 Å². The molecule has 3 aromatic rings. The van der Waals surface area contributed by atoms with Gasteiger partial charge in [0.25, 0.3) is 5.91 Å². The molecule has 1 aromatic carbocycles. The molecule has 0 aliphatic carbocycles. The van der Waals surface area contributed by atoms with E-state index in [1.807, 2.05) is 48.5 Å². The lowest BCUT2D eigenvalue weighted by molar-refractivity contribution is -0.921. The van der Waals surface area contributed by atoms with Crippen LogP contribution in [0.15, 0.2) is 69.9 Å². The van der Waals surface area contributed by atoms with Crippen LogP contribution in [0.4, 0.5) is 11.4 Å². The van der Waals surface area contributed by atoms with Crippen LogP contribution in [0.25, 0.3) is 0 Å². The number of anilines is 2. The quantitative estimate of drug-likeness (QED) is 0.614. The third-order valence-corrected chi connectivity index (χ3v) is 4.96. The lowest BCUT2D eigenvalue weighted by atomic mass is 10.2. The molecule has 0 bridgehead atoms. The second kappa shape index (κ2) is 8.79. The van der Waals surface area contributed by atoms with Crippen molar-refractivity contribution in [2.75, 3.05) is 23.3 Å². The van der Waals surface area contributed by atoms with Crippen LogP contribution in [-0.4, -0.2) is 24.9 Å². The van der Waals surface area contributed by atoms with Crippen LogP contribution in [0, 0.1) is 0 Å². The maximum absolute atomic E-state index is 12.6. The number of amides is 2. The number of hydrogen-bond acceptors (Lipinski definition) is 4. The van der Waals surface area contributed by atoms with Crippen LogP contribution >= 0.6 is 0 Å². The Morgan fingerprint density at radius 1 is 1.00 bits per heavy atom. The summed E-state index contributed by atoms with van der Waals surface area (Å²) >= 11 is 0. The van der Waals surface area contributed by atoms with Gasteiger partial charge in [0, 0.05) is 24.3 Å². The Bertz CT molecular complexity index is 897. The monoisotopic (exact) mass is 394 g/mol. The molecule has 0 saturated carbocycles. The molecule has 3 heterocycles. The minimum atomic E-state index is -0.0943. The van der Waals surface area contributed by atoms with Crippen LogP contribution in [0.1, 0.15) is 24.4 Å². The molecule has 1 saturated heterocycles. The van der Waals surface area contributed by atoms with E-state index in [2.05, 4.69) is 5.32 Å². The van der Waals surface area contributed by atoms with Crippen molar-refractivity contribution >= 4 is 23.2 Å². The highest BCUT2D eigenvalue weighted by atomic mass is 16.3. The molecule has 7 nitrogen and oxygen atoms in total. The van der Waals surface area contributed by atoms with Gasteiger partial charge in [-0.1, -0.05) is 0 Å². The second-order valence-corrected chi connectivity index (χ2v) is 7.18. The van der Waals surface area contributed by atoms with Crippen molar-refractivity contribution in [3.05, 3.63) is 72.6 Å². The molecule has 2 amide bonds. The largest absolute Gasteiger partial charge is 0.463 e. The van der Waals surface area contributed by atoms with E-state index in [-0.39, 0.29) is 18.4 Å². The fraction of sp³-hybridized carbons (Fsp3) is 0.273. The van der Waals surface area contributed by atoms with Crippen molar-refractivity contribution in [1.29, 1.82) is 0 Å². The number of furan rings is 2. The zero-order chi connectivity index (χ0) is 20.1. The Hall–Kier alpha value is -3.32. The number of quaternary nitrogens is 1. The predicted molar refractivity (Wildman–Crippen MR) is 107 cm³/mol. The van der Waals surface area contributed by atoms with Gasteiger partial charge in [0.05, 0.1) is 12.5 Å². The van der Waals surface area contributed by atoms with Gasteiger partial charge in [-0.25, -0.2) is 0 Å². The van der Waals surface area contributed by atoms with Crippen molar-refractivity contribution in [2.24, 2.45) is 0 Å². The van der Waals surface area contributed by atoms with Gasteiger partial charge in [-0.15, -0.1) is 0 Å². The van der Waals surface area contributed by atoms with Crippen molar-refractivity contribution in [3.63, 3.8) is 0 Å². The first-order valence-electron chi connectivity index (χ1n) is 9.76. The number of nitrogens with zero attached hydrogens (tertiary/aromatic N) is 1. The molecule has 4 rings (SSSR count). The van der Waals surface area contributed by atoms with Gasteiger partial charge >= 0.3 is 0 Å². The van der Waals surface area contributed by atoms with Gasteiger partial charge in [-0.2, -0.15) is 0 Å². The van der Waals surface area contributed by atoms with Gasteiger partial charge in [0.15, 0.2) is 18.1 Å². The van der Waals surface area contributed by atoms with E-state index >= 15 is 0 Å². The third kappa shape index (κ3) is 4.94. The van der Waals surface area contributed by atoms with E-state index in [0.29, 0.717) is 25.2 Å². The lowest BCUT2D eigenvalue weighted by Crippen LogP contribution is -3.10. The standard InChI is InChI=1S/C22H23N3O4/c26-21(23-17-7-9-18(10-8-17)25-11-1-6-22(25)27)16-24(14-19-4-2-12-28-19)15-20-5-3-13-29-20/h2-5,7-10,12-13H,1,6,11,14-16H2,(H,23,26)/p+1. The first-order valence-corrected chi connectivity index (χ1v) is 9.76. The van der Waals surface area contributed by atoms with Crippen LogP contribution in [0.3, 0.4) is 0 Å². The Labute approximate surface area is 168 Å². The summed E-state index contributed by atoms with van der Waals surface area (Å²) in [6, 6.07) is 14.9. The minimum Gasteiger partial charge on any atom is -0.463 e. The zero-order valence-corrected chi connectivity index (χ0v) is 16.1. The summed E-state index contributed by atoms with van der Waals surface area (Å²) in [5, 5.41) is 2.94. The van der Waals surface area contributed by atoms with Crippen molar-refractivity contribution in [3.8, 4) is 0 Å². The molecule has 7 heteroatoms. The molecular weight excluding hydrogens is 370 g/mol. The van der Waals surface area contributed by atoms with Crippen molar-refractivity contribution < 1.29 is 23.3 Å². The molecular formula is C22H24N3O4+. The SMILES string of the molecule is O=C(C[NH+](Cc1ccco1)Cc1ccco1)Nc1ccc(N2CCCC2=O)cc1. The lowest BCUT2D eigenvalue weighted by Gasteiger charge is -2.18. The van der Waals surface area contributed by atoms with Gasteiger partial charge < -0.3 is 24.0 Å². The summed E-state index contributed by atoms with van der Waals surface area (Å²) in [5.41, 5.74) is 1.58. The maximum atomic E-state index is 12.6. The fourth-order valence-electron chi connectivity index (χ4n) is 3.58. The summed E-state index contributed by atoms with van der Waals surface area (Å²) in [5.74, 6) is 1.69. The topological polar surface area (TPSA) is 80.1 Å². The Kier molecular flexibility index (Phi) is 5.76. The molecule has 150 valence electrons. The van der Waals surface area contributed by atoms with E-state index < -0.39 is 0 Å². The van der Waals surface area contributed by atoms with Gasteiger partial charge in [-0.05, 0) is 55.0 Å². The van der Waals surface area contributed by atoms with Gasteiger partial charge in [0.1, 0.15) is 13.1 Å².